The van der Waals surface area contributed by atoms with Gasteiger partial charge in [0.25, 0.3) is 0 Å². The number of carbonyl (C=O) groups excluding carboxylic acids is 1. The summed E-state index contributed by atoms with van der Waals surface area (Å²) < 4.78 is 2.70. The van der Waals surface area contributed by atoms with Crippen molar-refractivity contribution in [3.8, 4) is 0 Å². The third-order valence-electron chi connectivity index (χ3n) is 7.30. The van der Waals surface area contributed by atoms with Gasteiger partial charge in [-0.05, 0) is 45.1 Å². The van der Waals surface area contributed by atoms with Crippen molar-refractivity contribution < 1.29 is 4.79 Å². The fourth-order valence-corrected chi connectivity index (χ4v) is 5.84. The highest BCUT2D eigenvalue weighted by atomic mass is 79.9. The zero-order chi connectivity index (χ0) is 28.2. The summed E-state index contributed by atoms with van der Waals surface area (Å²) in [5, 5.41) is 11.8. The lowest BCUT2D eigenvalue weighted by molar-refractivity contribution is 0.249. The van der Waals surface area contributed by atoms with Crippen LogP contribution in [0.25, 0.3) is 10.9 Å². The Bertz CT molecular complexity index is 1680. The number of rotatable bonds is 7. The molecule has 0 fully saturated rings. The summed E-state index contributed by atoms with van der Waals surface area (Å²) >= 11 is 3.69. The highest BCUT2D eigenvalue weighted by molar-refractivity contribution is 9.10. The number of carbonyl (C=O) groups is 1. The third kappa shape index (κ3) is 5.00. The van der Waals surface area contributed by atoms with Gasteiger partial charge >= 0.3 is 6.03 Å². The van der Waals surface area contributed by atoms with Gasteiger partial charge in [0.1, 0.15) is 16.0 Å². The number of halogens is 1. The van der Waals surface area contributed by atoms with Crippen LogP contribution in [0.4, 0.5) is 10.6 Å². The van der Waals surface area contributed by atoms with Gasteiger partial charge in [0.2, 0.25) is 0 Å². The van der Waals surface area contributed by atoms with E-state index < -0.39 is 5.54 Å². The van der Waals surface area contributed by atoms with Gasteiger partial charge in [-0.3, -0.25) is 5.32 Å². The Morgan fingerprint density at radius 1 is 0.780 bits per heavy atom. The molecule has 1 atom stereocenters. The number of hydrogen-bond acceptors (Lipinski definition) is 3. The van der Waals surface area contributed by atoms with Crippen LogP contribution in [0.1, 0.15) is 35.2 Å². The summed E-state index contributed by atoms with van der Waals surface area (Å²) in [6, 6.07) is 42.3. The molecule has 1 unspecified atom stereocenters. The standard InChI is InChI=1S/C34H28BrN5O/c1-24(25-14-6-2-7-15-25)37-33(41)38-31-22-30-29(23-36-31)32(35)39-40(30)34(26-16-8-3-9-17-26,27-18-10-4-11-19-27)28-20-12-5-13-21-28/h2-24H,1H3,(H2,36,37,38,41). The Kier molecular flexibility index (Phi) is 7.35. The largest absolute Gasteiger partial charge is 0.331 e. The second-order valence-electron chi connectivity index (χ2n) is 9.83. The Morgan fingerprint density at radius 2 is 1.27 bits per heavy atom. The molecule has 202 valence electrons. The first-order valence-electron chi connectivity index (χ1n) is 13.4. The molecule has 41 heavy (non-hydrogen) atoms. The number of anilines is 1. The number of benzene rings is 4. The van der Waals surface area contributed by atoms with Crippen LogP contribution in [0, 0.1) is 0 Å². The summed E-state index contributed by atoms with van der Waals surface area (Å²) in [5.41, 5.74) is 4.18. The topological polar surface area (TPSA) is 71.8 Å². The predicted octanol–water partition coefficient (Wildman–Crippen LogP) is 7.92. The summed E-state index contributed by atoms with van der Waals surface area (Å²) in [5.74, 6) is 0.423. The molecule has 6 rings (SSSR count). The maximum Gasteiger partial charge on any atom is 0.320 e. The number of urea groups is 1. The van der Waals surface area contributed by atoms with Crippen LogP contribution in [0.5, 0.6) is 0 Å². The molecule has 4 aromatic carbocycles. The van der Waals surface area contributed by atoms with Crippen LogP contribution >= 0.6 is 15.9 Å². The van der Waals surface area contributed by atoms with Crippen LogP contribution in [0.2, 0.25) is 0 Å². The number of pyridine rings is 1. The predicted molar refractivity (Wildman–Crippen MR) is 167 cm³/mol. The molecule has 0 saturated heterocycles. The lowest BCUT2D eigenvalue weighted by Gasteiger charge is -2.37. The molecule has 0 bridgehead atoms. The van der Waals surface area contributed by atoms with Gasteiger partial charge in [-0.15, -0.1) is 0 Å². The first-order valence-corrected chi connectivity index (χ1v) is 14.2. The fourth-order valence-electron chi connectivity index (χ4n) is 5.38. The zero-order valence-electron chi connectivity index (χ0n) is 22.4. The van der Waals surface area contributed by atoms with E-state index in [2.05, 4.69) is 67.9 Å². The molecule has 6 nitrogen and oxygen atoms in total. The lowest BCUT2D eigenvalue weighted by Crippen LogP contribution is -2.38. The molecule has 0 aliphatic rings. The van der Waals surface area contributed by atoms with Gasteiger partial charge in [0, 0.05) is 12.3 Å². The van der Waals surface area contributed by atoms with Crippen molar-refractivity contribution in [2.75, 3.05) is 5.32 Å². The van der Waals surface area contributed by atoms with Crippen molar-refractivity contribution in [2.45, 2.75) is 18.5 Å². The first kappa shape index (κ1) is 26.5. The summed E-state index contributed by atoms with van der Waals surface area (Å²) in [6.45, 7) is 1.95. The van der Waals surface area contributed by atoms with Crippen LogP contribution in [0.3, 0.4) is 0 Å². The molecule has 2 heterocycles. The number of nitrogens with zero attached hydrogens (tertiary/aromatic N) is 3. The van der Waals surface area contributed by atoms with Gasteiger partial charge < -0.3 is 5.32 Å². The van der Waals surface area contributed by atoms with Gasteiger partial charge in [-0.1, -0.05) is 121 Å². The molecule has 7 heteroatoms. The van der Waals surface area contributed by atoms with E-state index in [-0.39, 0.29) is 12.1 Å². The van der Waals surface area contributed by atoms with E-state index in [1.807, 2.05) is 103 Å². The Morgan fingerprint density at radius 3 is 1.78 bits per heavy atom. The number of hydrogen-bond donors (Lipinski definition) is 2. The van der Waals surface area contributed by atoms with Crippen molar-refractivity contribution in [3.63, 3.8) is 0 Å². The molecular weight excluding hydrogens is 574 g/mol. The SMILES string of the molecule is CC(NC(=O)Nc1cc2c(cn1)c(Br)nn2C(c1ccccc1)(c1ccccc1)c1ccccc1)c1ccccc1. The molecule has 2 aromatic heterocycles. The third-order valence-corrected chi connectivity index (χ3v) is 7.89. The molecule has 2 amide bonds. The minimum Gasteiger partial charge on any atom is -0.331 e. The van der Waals surface area contributed by atoms with Crippen molar-refractivity contribution in [3.05, 3.63) is 160 Å². The van der Waals surface area contributed by atoms with Crippen LogP contribution in [-0.4, -0.2) is 20.8 Å². The molecule has 6 aromatic rings. The second kappa shape index (κ2) is 11.4. The fraction of sp³-hybridized carbons (Fsp3) is 0.0882. The lowest BCUT2D eigenvalue weighted by atomic mass is 9.77. The van der Waals surface area contributed by atoms with Crippen LogP contribution in [0.15, 0.2) is 138 Å². The van der Waals surface area contributed by atoms with Gasteiger partial charge in [0.15, 0.2) is 0 Å². The summed E-state index contributed by atoms with van der Waals surface area (Å²) in [6.07, 6.45) is 1.74. The van der Waals surface area contributed by atoms with Crippen LogP contribution in [-0.2, 0) is 5.54 Å². The summed E-state index contributed by atoms with van der Waals surface area (Å²) in [7, 11) is 0. The molecular formula is C34H28BrN5O. The summed E-state index contributed by atoms with van der Waals surface area (Å²) in [4.78, 5) is 17.5. The Labute approximate surface area is 247 Å². The van der Waals surface area contributed by atoms with Crippen molar-refractivity contribution >= 4 is 38.7 Å². The minimum absolute atomic E-state index is 0.165. The molecule has 0 aliphatic carbocycles. The number of fused-ring (bicyclic) bond motifs is 1. The Hall–Kier alpha value is -4.75. The number of amides is 2. The normalized spacial score (nSPS) is 12.1. The average molecular weight is 603 g/mol. The van der Waals surface area contributed by atoms with Crippen molar-refractivity contribution in [1.82, 2.24) is 20.1 Å². The van der Waals surface area contributed by atoms with Crippen molar-refractivity contribution in [1.29, 1.82) is 0 Å². The monoisotopic (exact) mass is 601 g/mol. The molecule has 0 spiro atoms. The number of nitrogens with one attached hydrogen (secondary N) is 2. The highest BCUT2D eigenvalue weighted by Crippen LogP contribution is 2.43. The quantitative estimate of drug-likeness (QED) is 0.183. The maximum atomic E-state index is 13.0. The first-order chi connectivity index (χ1) is 20.1. The van der Waals surface area contributed by atoms with Gasteiger partial charge in [-0.25, -0.2) is 14.5 Å². The van der Waals surface area contributed by atoms with E-state index in [0.717, 1.165) is 33.2 Å². The minimum atomic E-state index is -0.809. The van der Waals surface area contributed by atoms with Crippen molar-refractivity contribution in [2.24, 2.45) is 0 Å². The molecule has 0 saturated carbocycles. The average Bonchev–Trinajstić information content (AvgIpc) is 3.35. The Balaban J connectivity index is 1.50. The number of aromatic nitrogens is 3. The maximum absolute atomic E-state index is 13.0. The van der Waals surface area contributed by atoms with E-state index in [1.54, 1.807) is 6.20 Å². The smallest absolute Gasteiger partial charge is 0.320 e. The van der Waals surface area contributed by atoms with E-state index in [9.17, 15) is 4.79 Å². The van der Waals surface area contributed by atoms with Gasteiger partial charge in [-0.2, -0.15) is 5.10 Å². The van der Waals surface area contributed by atoms with Crippen LogP contribution < -0.4 is 10.6 Å². The second-order valence-corrected chi connectivity index (χ2v) is 10.6. The van der Waals surface area contributed by atoms with Gasteiger partial charge in [0.05, 0.1) is 16.9 Å². The molecule has 0 radical (unpaired) electrons. The van der Waals surface area contributed by atoms with E-state index in [1.165, 1.54) is 0 Å². The van der Waals surface area contributed by atoms with E-state index >= 15 is 0 Å². The van der Waals surface area contributed by atoms with E-state index in [4.69, 9.17) is 5.10 Å². The zero-order valence-corrected chi connectivity index (χ0v) is 24.0. The highest BCUT2D eigenvalue weighted by Gasteiger charge is 2.40. The molecule has 0 aliphatic heterocycles. The molecule has 2 N–H and O–H groups in total. The van der Waals surface area contributed by atoms with E-state index in [0.29, 0.717) is 10.4 Å².